The fourth-order valence-electron chi connectivity index (χ4n) is 10.2. The fraction of sp³-hybridized carbons (Fsp3) is 1.00. The molecule has 0 aromatic carbocycles. The van der Waals surface area contributed by atoms with Crippen molar-refractivity contribution in [3.05, 3.63) is 0 Å². The molecule has 2 saturated heterocycles. The minimum Gasteiger partial charge on any atom is -0.393 e. The Labute approximate surface area is 191 Å². The summed E-state index contributed by atoms with van der Waals surface area (Å²) in [5.41, 5.74) is 0.508. The number of hydrogen-bond acceptors (Lipinski definition) is 6. The topological polar surface area (TPSA) is 99.4 Å². The van der Waals surface area contributed by atoms with Crippen LogP contribution in [-0.4, -0.2) is 63.3 Å². The van der Waals surface area contributed by atoms with E-state index in [4.69, 9.17) is 9.47 Å². The van der Waals surface area contributed by atoms with Gasteiger partial charge < -0.3 is 29.9 Å². The van der Waals surface area contributed by atoms with Crippen LogP contribution in [0.5, 0.6) is 0 Å². The minimum atomic E-state index is -1.23. The molecule has 2 aliphatic heterocycles. The van der Waals surface area contributed by atoms with Crippen molar-refractivity contribution < 1.29 is 29.9 Å². The maximum atomic E-state index is 10.9. The average molecular weight is 451 g/mol. The molecule has 0 radical (unpaired) electrons. The minimum absolute atomic E-state index is 0.00154. The van der Waals surface area contributed by atoms with Crippen molar-refractivity contribution in [2.75, 3.05) is 6.61 Å². The van der Waals surface area contributed by atoms with Crippen molar-refractivity contribution in [3.8, 4) is 0 Å². The summed E-state index contributed by atoms with van der Waals surface area (Å²) in [7, 11) is 0. The van der Waals surface area contributed by atoms with Crippen LogP contribution in [0.1, 0.15) is 72.1 Å². The highest BCUT2D eigenvalue weighted by molar-refractivity contribution is 5.16. The van der Waals surface area contributed by atoms with Gasteiger partial charge in [0.1, 0.15) is 18.3 Å². The molecule has 6 rings (SSSR count). The summed E-state index contributed by atoms with van der Waals surface area (Å²) in [6.45, 7) is 7.10. The summed E-state index contributed by atoms with van der Waals surface area (Å²) in [6, 6.07) is 0. The Balaban J connectivity index is 1.27. The molecule has 0 aromatic rings. The van der Waals surface area contributed by atoms with Gasteiger partial charge in [-0.2, -0.15) is 0 Å². The van der Waals surface area contributed by atoms with Crippen molar-refractivity contribution in [2.24, 2.45) is 46.3 Å². The predicted octanol–water partition coefficient (Wildman–Crippen LogP) is 2.46. The SMILES string of the molecule is C[C@H]1[C@H]2[C@H](C[C@H]3[C@@H]4CC[C@H]5C[C@@H](O)CC[C@]5(C)[C@H]4CC[C@]23C)O[C@@]12OC[C@H](O)[C@H](O)[C@H]2O. The quantitative estimate of drug-likeness (QED) is 0.453. The summed E-state index contributed by atoms with van der Waals surface area (Å²) in [5, 5.41) is 41.5. The molecule has 4 saturated carbocycles. The van der Waals surface area contributed by atoms with Crippen LogP contribution < -0.4 is 0 Å². The lowest BCUT2D eigenvalue weighted by Gasteiger charge is -2.61. The molecule has 6 fully saturated rings. The van der Waals surface area contributed by atoms with Gasteiger partial charge in [0.25, 0.3) is 0 Å². The molecule has 0 aromatic heterocycles. The van der Waals surface area contributed by atoms with Crippen molar-refractivity contribution >= 4 is 0 Å². The lowest BCUT2D eigenvalue weighted by Crippen LogP contribution is -2.64. The Hall–Kier alpha value is -0.240. The molecule has 0 unspecified atom stereocenters. The zero-order valence-corrected chi connectivity index (χ0v) is 19.8. The Bertz CT molecular complexity index is 761. The van der Waals surface area contributed by atoms with Gasteiger partial charge in [-0.05, 0) is 91.8 Å². The molecule has 4 N–H and O–H groups in total. The van der Waals surface area contributed by atoms with Gasteiger partial charge in [-0.25, -0.2) is 0 Å². The number of aliphatic hydroxyl groups excluding tert-OH is 4. The molecule has 182 valence electrons. The maximum absolute atomic E-state index is 10.9. The third kappa shape index (κ3) is 2.68. The zero-order chi connectivity index (χ0) is 22.6. The van der Waals surface area contributed by atoms with E-state index in [-0.39, 0.29) is 30.1 Å². The molecule has 0 bridgehead atoms. The van der Waals surface area contributed by atoms with Gasteiger partial charge in [0.15, 0.2) is 0 Å². The molecule has 6 heteroatoms. The summed E-state index contributed by atoms with van der Waals surface area (Å²) in [4.78, 5) is 0. The zero-order valence-electron chi connectivity index (χ0n) is 19.8. The van der Waals surface area contributed by atoms with Crippen LogP contribution in [0, 0.1) is 46.3 Å². The smallest absolute Gasteiger partial charge is 0.200 e. The lowest BCUT2D eigenvalue weighted by molar-refractivity contribution is -0.345. The molecular weight excluding hydrogens is 408 g/mol. The van der Waals surface area contributed by atoms with Crippen LogP contribution in [-0.2, 0) is 9.47 Å². The molecule has 6 aliphatic rings. The molecular formula is C26H42O6. The average Bonchev–Trinajstić information content (AvgIpc) is 3.21. The maximum Gasteiger partial charge on any atom is 0.200 e. The van der Waals surface area contributed by atoms with E-state index in [1.807, 2.05) is 0 Å². The number of ether oxygens (including phenoxy) is 2. The van der Waals surface area contributed by atoms with Gasteiger partial charge in [-0.15, -0.1) is 0 Å². The van der Waals surface area contributed by atoms with Gasteiger partial charge in [-0.3, -0.25) is 0 Å². The van der Waals surface area contributed by atoms with Gasteiger partial charge >= 0.3 is 0 Å². The standard InChI is InChI=1S/C26H42O6/c1-13-21-20(32-26(13)23(30)22(29)19(28)12-31-26)11-18-16-5-4-14-10-15(27)6-8-24(14,2)17(16)7-9-25(18,21)3/h13-23,27-30H,4-12H2,1-3H3/t13-,14-,15-,16+,17-,18-,19-,20-,21-,22-,23+,24-,25-,26-/m0/s1. The second-order valence-corrected chi connectivity index (χ2v) is 12.9. The summed E-state index contributed by atoms with van der Waals surface area (Å²) in [6.07, 6.45) is 5.42. The number of aliphatic hydroxyl groups is 4. The third-order valence-corrected chi connectivity index (χ3v) is 11.8. The molecule has 14 atom stereocenters. The highest BCUT2D eigenvalue weighted by atomic mass is 16.7. The monoisotopic (exact) mass is 450 g/mol. The molecule has 0 amide bonds. The highest BCUT2D eigenvalue weighted by Gasteiger charge is 2.71. The number of fused-ring (bicyclic) bond motifs is 7. The van der Waals surface area contributed by atoms with E-state index in [0.717, 1.165) is 31.6 Å². The Kier molecular flexibility index (Phi) is 4.96. The van der Waals surface area contributed by atoms with E-state index in [1.54, 1.807) is 0 Å². The Morgan fingerprint density at radius 3 is 2.38 bits per heavy atom. The Morgan fingerprint density at radius 1 is 0.844 bits per heavy atom. The summed E-state index contributed by atoms with van der Waals surface area (Å²) in [5.74, 6) is 1.79. The molecule has 2 heterocycles. The first kappa shape index (κ1) is 22.2. The van der Waals surface area contributed by atoms with E-state index in [0.29, 0.717) is 29.1 Å². The molecule has 1 spiro atoms. The summed E-state index contributed by atoms with van der Waals surface area (Å²) < 4.78 is 12.6. The molecule has 32 heavy (non-hydrogen) atoms. The van der Waals surface area contributed by atoms with Crippen molar-refractivity contribution in [1.29, 1.82) is 0 Å². The molecule has 4 aliphatic carbocycles. The highest BCUT2D eigenvalue weighted by Crippen LogP contribution is 2.71. The summed E-state index contributed by atoms with van der Waals surface area (Å²) >= 11 is 0. The van der Waals surface area contributed by atoms with Gasteiger partial charge in [0, 0.05) is 5.92 Å². The first-order valence-electron chi connectivity index (χ1n) is 13.2. The third-order valence-electron chi connectivity index (χ3n) is 11.8. The van der Waals surface area contributed by atoms with Crippen LogP contribution in [0.4, 0.5) is 0 Å². The van der Waals surface area contributed by atoms with Crippen molar-refractivity contribution in [1.82, 2.24) is 0 Å². The fourth-order valence-corrected chi connectivity index (χ4v) is 10.2. The second kappa shape index (κ2) is 7.14. The van der Waals surface area contributed by atoms with Crippen LogP contribution in [0.15, 0.2) is 0 Å². The largest absolute Gasteiger partial charge is 0.393 e. The van der Waals surface area contributed by atoms with Crippen LogP contribution in [0.2, 0.25) is 0 Å². The van der Waals surface area contributed by atoms with E-state index >= 15 is 0 Å². The normalized spacial score (nSPS) is 64.0. The predicted molar refractivity (Wildman–Crippen MR) is 117 cm³/mol. The van der Waals surface area contributed by atoms with Gasteiger partial charge in [0.05, 0.1) is 18.8 Å². The van der Waals surface area contributed by atoms with Crippen LogP contribution >= 0.6 is 0 Å². The second-order valence-electron chi connectivity index (χ2n) is 12.9. The van der Waals surface area contributed by atoms with Crippen molar-refractivity contribution in [3.63, 3.8) is 0 Å². The van der Waals surface area contributed by atoms with Gasteiger partial charge in [-0.1, -0.05) is 20.8 Å². The van der Waals surface area contributed by atoms with Crippen LogP contribution in [0.3, 0.4) is 0 Å². The van der Waals surface area contributed by atoms with Gasteiger partial charge in [0.2, 0.25) is 5.79 Å². The lowest BCUT2D eigenvalue weighted by atomic mass is 9.44. The molecule has 6 nitrogen and oxygen atoms in total. The number of rotatable bonds is 0. The number of hydrogen-bond donors (Lipinski definition) is 4. The van der Waals surface area contributed by atoms with E-state index in [9.17, 15) is 20.4 Å². The van der Waals surface area contributed by atoms with E-state index in [1.165, 1.54) is 25.7 Å². The van der Waals surface area contributed by atoms with E-state index in [2.05, 4.69) is 20.8 Å². The Morgan fingerprint density at radius 2 is 1.59 bits per heavy atom. The van der Waals surface area contributed by atoms with E-state index < -0.39 is 24.1 Å². The van der Waals surface area contributed by atoms with Crippen molar-refractivity contribution in [2.45, 2.75) is 108 Å². The first-order valence-corrected chi connectivity index (χ1v) is 13.2. The van der Waals surface area contributed by atoms with Crippen LogP contribution in [0.25, 0.3) is 0 Å². The first-order chi connectivity index (χ1) is 15.1.